The second-order valence-corrected chi connectivity index (χ2v) is 6.41. The van der Waals surface area contributed by atoms with E-state index < -0.39 is 5.82 Å². The normalized spacial score (nSPS) is 10.6. The van der Waals surface area contributed by atoms with E-state index in [1.807, 2.05) is 0 Å². The van der Waals surface area contributed by atoms with Crippen LogP contribution in [0.1, 0.15) is 11.1 Å². The van der Waals surface area contributed by atoms with Gasteiger partial charge >= 0.3 is 0 Å². The summed E-state index contributed by atoms with van der Waals surface area (Å²) >= 11 is 12.2. The topological polar surface area (TPSA) is 64.9 Å². The molecule has 3 rings (SSSR count). The van der Waals surface area contributed by atoms with E-state index in [2.05, 4.69) is 27.4 Å². The first-order valence-corrected chi connectivity index (χ1v) is 8.79. The predicted octanol–water partition coefficient (Wildman–Crippen LogP) is 4.50. The zero-order chi connectivity index (χ0) is 19.2. The van der Waals surface area contributed by atoms with Gasteiger partial charge in [0.2, 0.25) is 5.95 Å². The zero-order valence-electron chi connectivity index (χ0n) is 14.2. The maximum Gasteiger partial charge on any atom is 0.243 e. The van der Waals surface area contributed by atoms with Crippen molar-refractivity contribution in [2.24, 2.45) is 0 Å². The molecule has 27 heavy (non-hydrogen) atoms. The highest BCUT2D eigenvalue weighted by Crippen LogP contribution is 2.26. The average Bonchev–Trinajstić information content (AvgIpc) is 3.08. The molecule has 0 unspecified atom stereocenters. The van der Waals surface area contributed by atoms with Crippen molar-refractivity contribution in [3.8, 4) is 5.75 Å². The van der Waals surface area contributed by atoms with Crippen LogP contribution in [0.3, 0.4) is 0 Å². The fraction of sp³-hybridized carbons (Fsp3) is 0.167. The summed E-state index contributed by atoms with van der Waals surface area (Å²) in [6, 6.07) is 9.69. The van der Waals surface area contributed by atoms with Gasteiger partial charge in [0.05, 0.1) is 11.6 Å². The van der Waals surface area contributed by atoms with Crippen molar-refractivity contribution in [3.63, 3.8) is 0 Å². The number of benzene rings is 2. The standard InChI is InChI=1S/C18H16Cl2FN5O/c1-2-8-26-18(23-24-25-26)22-10-12-9-13(19)6-7-17(12)27-11-14-15(20)4-3-5-16(14)21/h2-7,9H,1,8,10-11H2,(H,22,23,25). The summed E-state index contributed by atoms with van der Waals surface area (Å²) in [5.41, 5.74) is 1.06. The van der Waals surface area contributed by atoms with Gasteiger partial charge in [0.25, 0.3) is 0 Å². The molecular weight excluding hydrogens is 392 g/mol. The Labute approximate surface area is 165 Å². The van der Waals surface area contributed by atoms with Crippen LogP contribution < -0.4 is 10.1 Å². The van der Waals surface area contributed by atoms with Gasteiger partial charge in [-0.2, -0.15) is 0 Å². The summed E-state index contributed by atoms with van der Waals surface area (Å²) < 4.78 is 21.3. The Kier molecular flexibility index (Phi) is 6.26. The zero-order valence-corrected chi connectivity index (χ0v) is 15.7. The molecule has 3 aromatic rings. The molecule has 9 heteroatoms. The van der Waals surface area contributed by atoms with Crippen LogP contribution in [0.5, 0.6) is 5.75 Å². The van der Waals surface area contributed by atoms with Crippen molar-refractivity contribution in [1.29, 1.82) is 0 Å². The predicted molar refractivity (Wildman–Crippen MR) is 103 cm³/mol. The largest absolute Gasteiger partial charge is 0.488 e. The van der Waals surface area contributed by atoms with Crippen LogP contribution in [0.25, 0.3) is 0 Å². The number of nitrogens with one attached hydrogen (secondary N) is 1. The van der Waals surface area contributed by atoms with Gasteiger partial charge < -0.3 is 10.1 Å². The lowest BCUT2D eigenvalue weighted by atomic mass is 10.2. The molecule has 0 saturated carbocycles. The Morgan fingerprint density at radius 1 is 1.26 bits per heavy atom. The Morgan fingerprint density at radius 2 is 2.11 bits per heavy atom. The van der Waals surface area contributed by atoms with Crippen LogP contribution >= 0.6 is 23.2 Å². The van der Waals surface area contributed by atoms with Crippen molar-refractivity contribution in [1.82, 2.24) is 20.2 Å². The fourth-order valence-corrected chi connectivity index (χ4v) is 2.81. The number of hydrogen-bond acceptors (Lipinski definition) is 5. The number of rotatable bonds is 8. The number of halogens is 3. The van der Waals surface area contributed by atoms with Gasteiger partial charge in [-0.1, -0.05) is 40.4 Å². The fourth-order valence-electron chi connectivity index (χ4n) is 2.40. The molecular formula is C18H16Cl2FN5O. The summed E-state index contributed by atoms with van der Waals surface area (Å²) in [4.78, 5) is 0. The molecule has 0 fully saturated rings. The first-order chi connectivity index (χ1) is 13.1. The number of hydrogen-bond donors (Lipinski definition) is 1. The first kappa shape index (κ1) is 19.1. The van der Waals surface area contributed by atoms with Gasteiger partial charge in [-0.3, -0.25) is 0 Å². The number of tetrazole rings is 1. The van der Waals surface area contributed by atoms with Gasteiger partial charge in [0, 0.05) is 22.7 Å². The Balaban J connectivity index is 1.75. The summed E-state index contributed by atoms with van der Waals surface area (Å²) in [6.07, 6.45) is 1.69. The molecule has 140 valence electrons. The van der Waals surface area contributed by atoms with Gasteiger partial charge in [0.15, 0.2) is 0 Å². The van der Waals surface area contributed by atoms with E-state index in [-0.39, 0.29) is 6.61 Å². The molecule has 0 amide bonds. The number of aromatic nitrogens is 4. The van der Waals surface area contributed by atoms with Crippen molar-refractivity contribution >= 4 is 29.2 Å². The van der Waals surface area contributed by atoms with Crippen LogP contribution in [0.15, 0.2) is 49.1 Å². The lowest BCUT2D eigenvalue weighted by molar-refractivity contribution is 0.297. The molecule has 0 saturated heterocycles. The molecule has 0 bridgehead atoms. The van der Waals surface area contributed by atoms with Crippen molar-refractivity contribution in [2.75, 3.05) is 5.32 Å². The van der Waals surface area contributed by atoms with E-state index in [0.717, 1.165) is 5.56 Å². The molecule has 0 aliphatic carbocycles. The SMILES string of the molecule is C=CCn1nnnc1NCc1cc(Cl)ccc1OCc1c(F)cccc1Cl. The summed E-state index contributed by atoms with van der Waals surface area (Å²) in [5.74, 6) is 0.617. The lowest BCUT2D eigenvalue weighted by Crippen LogP contribution is -2.09. The van der Waals surface area contributed by atoms with Gasteiger partial charge in [-0.05, 0) is 40.8 Å². The molecule has 6 nitrogen and oxygen atoms in total. The summed E-state index contributed by atoms with van der Waals surface area (Å²) in [6.45, 7) is 4.49. The van der Waals surface area contributed by atoms with Crippen molar-refractivity contribution in [3.05, 3.63) is 76.0 Å². The average molecular weight is 408 g/mol. The van der Waals surface area contributed by atoms with Crippen molar-refractivity contribution < 1.29 is 9.13 Å². The molecule has 0 spiro atoms. The second kappa shape index (κ2) is 8.83. The lowest BCUT2D eigenvalue weighted by Gasteiger charge is -2.14. The third-order valence-electron chi connectivity index (χ3n) is 3.73. The molecule has 1 aromatic heterocycles. The van der Waals surface area contributed by atoms with Crippen LogP contribution in [-0.4, -0.2) is 20.2 Å². The van der Waals surface area contributed by atoms with E-state index >= 15 is 0 Å². The quantitative estimate of drug-likeness (QED) is 0.557. The highest BCUT2D eigenvalue weighted by atomic mass is 35.5. The minimum atomic E-state index is -0.417. The minimum absolute atomic E-state index is 0.00561. The van der Waals surface area contributed by atoms with Crippen LogP contribution in [0.4, 0.5) is 10.3 Å². The second-order valence-electron chi connectivity index (χ2n) is 5.57. The van der Waals surface area contributed by atoms with E-state index in [4.69, 9.17) is 27.9 Å². The highest BCUT2D eigenvalue weighted by Gasteiger charge is 2.11. The van der Waals surface area contributed by atoms with Crippen LogP contribution in [0.2, 0.25) is 10.0 Å². The maximum atomic E-state index is 13.9. The maximum absolute atomic E-state index is 13.9. The minimum Gasteiger partial charge on any atom is -0.488 e. The number of ether oxygens (including phenoxy) is 1. The van der Waals surface area contributed by atoms with E-state index in [0.29, 0.717) is 40.4 Å². The molecule has 0 aliphatic heterocycles. The van der Waals surface area contributed by atoms with E-state index in [1.54, 1.807) is 41.1 Å². The Morgan fingerprint density at radius 3 is 2.89 bits per heavy atom. The number of anilines is 1. The molecule has 0 atom stereocenters. The number of nitrogens with zero attached hydrogens (tertiary/aromatic N) is 4. The van der Waals surface area contributed by atoms with Crippen LogP contribution in [0, 0.1) is 5.82 Å². The van der Waals surface area contributed by atoms with Crippen molar-refractivity contribution in [2.45, 2.75) is 19.7 Å². The van der Waals surface area contributed by atoms with Gasteiger partial charge in [-0.25, -0.2) is 9.07 Å². The van der Waals surface area contributed by atoms with Gasteiger partial charge in [0.1, 0.15) is 18.2 Å². The monoisotopic (exact) mass is 407 g/mol. The Hall–Kier alpha value is -2.64. The molecule has 0 aliphatic rings. The van der Waals surface area contributed by atoms with E-state index in [1.165, 1.54) is 6.07 Å². The first-order valence-electron chi connectivity index (χ1n) is 8.03. The smallest absolute Gasteiger partial charge is 0.243 e. The summed E-state index contributed by atoms with van der Waals surface area (Å²) in [5, 5.41) is 15.4. The van der Waals surface area contributed by atoms with E-state index in [9.17, 15) is 4.39 Å². The molecule has 0 radical (unpaired) electrons. The molecule has 1 N–H and O–H groups in total. The Bertz CT molecular complexity index is 927. The third kappa shape index (κ3) is 4.75. The van der Waals surface area contributed by atoms with Crippen LogP contribution in [-0.2, 0) is 19.7 Å². The molecule has 1 heterocycles. The van der Waals surface area contributed by atoms with Gasteiger partial charge in [-0.15, -0.1) is 6.58 Å². The number of allylic oxidation sites excluding steroid dienone is 1. The molecule has 2 aromatic carbocycles. The third-order valence-corrected chi connectivity index (χ3v) is 4.32. The highest BCUT2D eigenvalue weighted by molar-refractivity contribution is 6.31. The summed E-state index contributed by atoms with van der Waals surface area (Å²) in [7, 11) is 0.